The number of hydrogen-bond donors (Lipinski definition) is 1. The second kappa shape index (κ2) is 11.6. The normalized spacial score (nSPS) is 18.4. The molecule has 0 saturated heterocycles. The Hall–Kier alpha value is -1.74. The maximum atomic E-state index is 13.1. The van der Waals surface area contributed by atoms with Crippen molar-refractivity contribution in [3.63, 3.8) is 0 Å². The third kappa shape index (κ3) is 7.37. The molecule has 0 unspecified atom stereocenters. The summed E-state index contributed by atoms with van der Waals surface area (Å²) in [6.45, 7) is 2.13. The number of unbranched alkanes of at least 4 members (excludes halogenated alkanes) is 1. The van der Waals surface area contributed by atoms with Gasteiger partial charge in [-0.3, -0.25) is 9.59 Å². The predicted molar refractivity (Wildman–Crippen MR) is 128 cm³/mol. The molecule has 2 atom stereocenters. The fourth-order valence-electron chi connectivity index (χ4n) is 3.47. The van der Waals surface area contributed by atoms with Gasteiger partial charge in [0.15, 0.2) is 5.78 Å². The summed E-state index contributed by atoms with van der Waals surface area (Å²) < 4.78 is 37.0. The Morgan fingerprint density at radius 1 is 1.15 bits per heavy atom. The number of anilines is 1. The molecule has 1 amide bonds. The molecule has 0 fully saturated rings. The molecule has 0 spiro atoms. The smallest absolute Gasteiger partial charge is 0.319 e. The zero-order valence-corrected chi connectivity index (χ0v) is 20.3. The van der Waals surface area contributed by atoms with E-state index in [9.17, 15) is 22.8 Å². The van der Waals surface area contributed by atoms with Gasteiger partial charge in [-0.25, -0.2) is 0 Å². The number of carbonyl (C=O) groups excluding carboxylic acids is 2. The van der Waals surface area contributed by atoms with E-state index in [1.807, 2.05) is 19.1 Å². The summed E-state index contributed by atoms with van der Waals surface area (Å²) >= 11 is 7.42. The average Bonchev–Trinajstić information content (AvgIpc) is 2.82. The lowest BCUT2D eigenvalue weighted by Gasteiger charge is -2.25. The van der Waals surface area contributed by atoms with Crippen LogP contribution in [0.1, 0.15) is 48.5 Å². The van der Waals surface area contributed by atoms with Crippen molar-refractivity contribution in [2.75, 3.05) is 4.90 Å². The largest absolute Gasteiger partial charge is 0.389 e. The van der Waals surface area contributed by atoms with Gasteiger partial charge in [-0.1, -0.05) is 36.7 Å². The summed E-state index contributed by atoms with van der Waals surface area (Å²) in [4.78, 5) is 28.2. The molecule has 0 bridgehead atoms. The zero-order chi connectivity index (χ0) is 23.5. The Morgan fingerprint density at radius 2 is 1.82 bits per heavy atom. The lowest BCUT2D eigenvalue weighted by molar-refractivity contribution is -0.135. The minimum absolute atomic E-state index is 0. The van der Waals surface area contributed by atoms with Gasteiger partial charge in [-0.2, -0.15) is 13.2 Å². The second-order valence-electron chi connectivity index (χ2n) is 7.83. The molecule has 2 aromatic rings. The SMILES string of the molecule is C[C@H]1Sc2ccc(C(=O)CCCCC(F)(F)F)cc2N(Cc2ccc(Cl)cc2)C(=O)[C@H]1N.Cl. The maximum Gasteiger partial charge on any atom is 0.389 e. The van der Waals surface area contributed by atoms with E-state index in [-0.39, 0.29) is 55.2 Å². The highest BCUT2D eigenvalue weighted by atomic mass is 35.5. The lowest BCUT2D eigenvalue weighted by Crippen LogP contribution is -2.47. The van der Waals surface area contributed by atoms with E-state index in [0.717, 1.165) is 10.5 Å². The van der Waals surface area contributed by atoms with Gasteiger partial charge < -0.3 is 10.6 Å². The summed E-state index contributed by atoms with van der Waals surface area (Å²) in [6, 6.07) is 11.5. The Kier molecular flexibility index (Phi) is 9.67. The van der Waals surface area contributed by atoms with Crippen LogP contribution in [0.2, 0.25) is 5.02 Å². The third-order valence-electron chi connectivity index (χ3n) is 5.31. The fraction of sp³-hybridized carbons (Fsp3) is 0.391. The quantitative estimate of drug-likeness (QED) is 0.337. The van der Waals surface area contributed by atoms with Crippen LogP contribution < -0.4 is 10.6 Å². The van der Waals surface area contributed by atoms with E-state index in [0.29, 0.717) is 16.3 Å². The summed E-state index contributed by atoms with van der Waals surface area (Å²) in [5.41, 5.74) is 7.99. The number of halogens is 5. The van der Waals surface area contributed by atoms with Crippen LogP contribution in [-0.4, -0.2) is 29.2 Å². The first-order valence-electron chi connectivity index (χ1n) is 10.3. The van der Waals surface area contributed by atoms with Crippen molar-refractivity contribution in [1.82, 2.24) is 0 Å². The van der Waals surface area contributed by atoms with Gasteiger partial charge in [-0.15, -0.1) is 24.2 Å². The molecule has 2 aromatic carbocycles. The van der Waals surface area contributed by atoms with Gasteiger partial charge in [0, 0.05) is 33.6 Å². The summed E-state index contributed by atoms with van der Waals surface area (Å²) in [5.74, 6) is -0.506. The van der Waals surface area contributed by atoms with Crippen LogP contribution in [0.15, 0.2) is 47.4 Å². The standard InChI is InChI=1S/C23H24ClF3N2O2S.ClH/c1-14-21(28)22(31)29(13-15-5-8-17(24)9-6-15)18-12-16(7-10-20(18)32-14)19(30)4-2-3-11-23(25,26)27;/h5-10,12,14,21H,2-4,11,13,28H2,1H3;1H/t14-,21+;/m1./s1. The van der Waals surface area contributed by atoms with Crippen LogP contribution in [-0.2, 0) is 11.3 Å². The monoisotopic (exact) mass is 520 g/mol. The molecule has 3 rings (SSSR count). The first-order chi connectivity index (χ1) is 15.0. The number of nitrogens with two attached hydrogens (primary N) is 1. The maximum absolute atomic E-state index is 13.1. The Morgan fingerprint density at radius 3 is 2.45 bits per heavy atom. The van der Waals surface area contributed by atoms with E-state index in [2.05, 4.69) is 0 Å². The van der Waals surface area contributed by atoms with E-state index in [4.69, 9.17) is 17.3 Å². The molecule has 1 aliphatic rings. The highest BCUT2D eigenvalue weighted by Gasteiger charge is 2.33. The van der Waals surface area contributed by atoms with Crippen LogP contribution in [0, 0.1) is 0 Å². The first kappa shape index (κ1) is 27.5. The molecular formula is C23H25Cl2F3N2O2S. The van der Waals surface area contributed by atoms with Crippen LogP contribution in [0.3, 0.4) is 0 Å². The van der Waals surface area contributed by atoms with Gasteiger partial charge >= 0.3 is 6.18 Å². The molecule has 0 saturated carbocycles. The lowest BCUT2D eigenvalue weighted by atomic mass is 10.0. The van der Waals surface area contributed by atoms with Gasteiger partial charge in [0.05, 0.1) is 18.3 Å². The summed E-state index contributed by atoms with van der Waals surface area (Å²) in [6.07, 6.45) is -5.05. The van der Waals surface area contributed by atoms with Crippen molar-refractivity contribution in [2.45, 2.75) is 61.5 Å². The Bertz CT molecular complexity index is 987. The van der Waals surface area contributed by atoms with Gasteiger partial charge in [-0.05, 0) is 42.7 Å². The highest BCUT2D eigenvalue weighted by Crippen LogP contribution is 2.39. The van der Waals surface area contributed by atoms with E-state index >= 15 is 0 Å². The predicted octanol–water partition coefficient (Wildman–Crippen LogP) is 6.42. The fourth-order valence-corrected chi connectivity index (χ4v) is 4.69. The molecule has 1 heterocycles. The van der Waals surface area contributed by atoms with E-state index in [1.165, 1.54) is 11.8 Å². The average molecular weight is 521 g/mol. The number of fused-ring (bicyclic) bond motifs is 1. The highest BCUT2D eigenvalue weighted by molar-refractivity contribution is 8.00. The number of hydrogen-bond acceptors (Lipinski definition) is 4. The Balaban J connectivity index is 0.00000385. The van der Waals surface area contributed by atoms with Crippen molar-refractivity contribution in [2.24, 2.45) is 5.73 Å². The number of amides is 1. The number of thioether (sulfide) groups is 1. The molecule has 2 N–H and O–H groups in total. The molecule has 0 aliphatic carbocycles. The van der Waals surface area contributed by atoms with Crippen LogP contribution >= 0.6 is 35.8 Å². The molecule has 4 nitrogen and oxygen atoms in total. The van der Waals surface area contributed by atoms with Gasteiger partial charge in [0.2, 0.25) is 5.91 Å². The van der Waals surface area contributed by atoms with Crippen molar-refractivity contribution >= 4 is 53.1 Å². The number of alkyl halides is 3. The topological polar surface area (TPSA) is 63.4 Å². The number of Topliss-reactive ketones (excluding diaryl/α,β-unsaturated/α-hetero) is 1. The van der Waals surface area contributed by atoms with Crippen molar-refractivity contribution in [3.05, 3.63) is 58.6 Å². The number of ketones is 1. The number of carbonyl (C=O) groups is 2. The van der Waals surface area contributed by atoms with Crippen molar-refractivity contribution < 1.29 is 22.8 Å². The molecule has 33 heavy (non-hydrogen) atoms. The number of nitrogens with zero attached hydrogens (tertiary/aromatic N) is 1. The Labute approximate surface area is 206 Å². The van der Waals surface area contributed by atoms with Gasteiger partial charge in [0.1, 0.15) is 0 Å². The van der Waals surface area contributed by atoms with E-state index < -0.39 is 18.6 Å². The third-order valence-corrected chi connectivity index (χ3v) is 6.83. The summed E-state index contributed by atoms with van der Waals surface area (Å²) in [5, 5.41) is 0.413. The first-order valence-corrected chi connectivity index (χ1v) is 11.5. The number of rotatable bonds is 7. The van der Waals surface area contributed by atoms with Crippen LogP contribution in [0.4, 0.5) is 18.9 Å². The van der Waals surface area contributed by atoms with Crippen molar-refractivity contribution in [1.29, 1.82) is 0 Å². The van der Waals surface area contributed by atoms with Crippen LogP contribution in [0.5, 0.6) is 0 Å². The van der Waals surface area contributed by atoms with Crippen molar-refractivity contribution in [3.8, 4) is 0 Å². The summed E-state index contributed by atoms with van der Waals surface area (Å²) in [7, 11) is 0. The molecule has 10 heteroatoms. The molecule has 0 aromatic heterocycles. The zero-order valence-electron chi connectivity index (χ0n) is 17.9. The van der Waals surface area contributed by atoms with Gasteiger partial charge in [0.25, 0.3) is 0 Å². The molecule has 1 aliphatic heterocycles. The minimum Gasteiger partial charge on any atom is -0.319 e. The number of benzene rings is 2. The molecule has 180 valence electrons. The van der Waals surface area contributed by atoms with Crippen LogP contribution in [0.25, 0.3) is 0 Å². The molecular weight excluding hydrogens is 496 g/mol. The molecule has 0 radical (unpaired) electrons. The minimum atomic E-state index is -4.22. The second-order valence-corrected chi connectivity index (χ2v) is 9.68. The van der Waals surface area contributed by atoms with E-state index in [1.54, 1.807) is 35.2 Å².